The van der Waals surface area contributed by atoms with Gasteiger partial charge in [0, 0.05) is 0 Å². The van der Waals surface area contributed by atoms with Gasteiger partial charge in [0.25, 0.3) is 0 Å². The zero-order valence-electron chi connectivity index (χ0n) is 7.68. The molecule has 0 fully saturated rings. The van der Waals surface area contributed by atoms with E-state index in [-0.39, 0.29) is 10.8 Å². The summed E-state index contributed by atoms with van der Waals surface area (Å²) in [4.78, 5) is 0. The molecule has 0 aliphatic rings. The van der Waals surface area contributed by atoms with E-state index in [1.165, 1.54) is 24.3 Å². The molecular weight excluding hydrogens is 218 g/mol. The van der Waals surface area contributed by atoms with E-state index >= 15 is 0 Å². The summed E-state index contributed by atoms with van der Waals surface area (Å²) in [5.74, 6) is -0.785. The average molecular weight is 225 g/mol. The zero-order chi connectivity index (χ0) is 10.8. The van der Waals surface area contributed by atoms with Gasteiger partial charge in [0.05, 0.1) is 5.02 Å². The van der Waals surface area contributed by atoms with E-state index in [1.54, 1.807) is 18.2 Å². The molecule has 0 nitrogen and oxygen atoms in total. The van der Waals surface area contributed by atoms with Gasteiger partial charge in [-0.1, -0.05) is 29.8 Å². The highest BCUT2D eigenvalue weighted by Crippen LogP contribution is 2.24. The smallest absolute Gasteiger partial charge is 0.142 e. The fraction of sp³-hybridized carbons (Fsp3) is 0. The summed E-state index contributed by atoms with van der Waals surface area (Å²) in [6.07, 6.45) is 0. The lowest BCUT2D eigenvalue weighted by Crippen LogP contribution is -1.82. The van der Waals surface area contributed by atoms with Crippen molar-refractivity contribution in [2.75, 3.05) is 0 Å². The predicted octanol–water partition coefficient (Wildman–Crippen LogP) is 4.29. The topological polar surface area (TPSA) is 0 Å². The Hall–Kier alpha value is -1.41. The Morgan fingerprint density at radius 2 is 1.40 bits per heavy atom. The van der Waals surface area contributed by atoms with Gasteiger partial charge >= 0.3 is 0 Å². The van der Waals surface area contributed by atoms with Gasteiger partial charge in [0.15, 0.2) is 0 Å². The van der Waals surface area contributed by atoms with Crippen LogP contribution >= 0.6 is 11.6 Å². The maximum absolute atomic E-state index is 13.1. The van der Waals surface area contributed by atoms with Crippen LogP contribution in [0.3, 0.4) is 0 Å². The summed E-state index contributed by atoms with van der Waals surface area (Å²) in [6, 6.07) is 10.4. The maximum Gasteiger partial charge on any atom is 0.142 e. The minimum atomic E-state index is -0.474. The Labute approximate surface area is 91.1 Å². The largest absolute Gasteiger partial charge is 0.207 e. The molecule has 0 radical (unpaired) electrons. The molecule has 0 amide bonds. The van der Waals surface area contributed by atoms with Gasteiger partial charge in [-0.05, 0) is 35.4 Å². The van der Waals surface area contributed by atoms with E-state index in [4.69, 9.17) is 11.6 Å². The van der Waals surface area contributed by atoms with Crippen LogP contribution in [0.25, 0.3) is 11.1 Å². The van der Waals surface area contributed by atoms with E-state index in [9.17, 15) is 8.78 Å². The molecule has 0 aliphatic carbocycles. The minimum Gasteiger partial charge on any atom is -0.207 e. The second-order valence-electron chi connectivity index (χ2n) is 3.14. The lowest BCUT2D eigenvalue weighted by atomic mass is 10.1. The van der Waals surface area contributed by atoms with Crippen LogP contribution in [0.15, 0.2) is 42.5 Å². The second kappa shape index (κ2) is 3.99. The van der Waals surface area contributed by atoms with Gasteiger partial charge in [-0.3, -0.25) is 0 Å². The van der Waals surface area contributed by atoms with Crippen molar-refractivity contribution in [3.8, 4) is 11.1 Å². The molecule has 76 valence electrons. The SMILES string of the molecule is Fc1ccc(-c2ccc(Cl)c(F)c2)cc1. The molecule has 2 rings (SSSR count). The van der Waals surface area contributed by atoms with Gasteiger partial charge in [-0.25, -0.2) is 8.78 Å². The Kier molecular flexibility index (Phi) is 2.69. The van der Waals surface area contributed by atoms with Crippen molar-refractivity contribution in [1.82, 2.24) is 0 Å². The third kappa shape index (κ3) is 2.16. The fourth-order valence-electron chi connectivity index (χ4n) is 1.32. The molecule has 0 spiro atoms. The number of benzene rings is 2. The monoisotopic (exact) mass is 224 g/mol. The minimum absolute atomic E-state index is 0.0841. The molecular formula is C12H7ClF2. The quantitative estimate of drug-likeness (QED) is 0.678. The van der Waals surface area contributed by atoms with Crippen molar-refractivity contribution in [2.45, 2.75) is 0 Å². The first-order chi connectivity index (χ1) is 7.16. The third-order valence-corrected chi connectivity index (χ3v) is 2.40. The van der Waals surface area contributed by atoms with Crippen LogP contribution in [0.5, 0.6) is 0 Å². The Bertz CT molecular complexity index is 477. The van der Waals surface area contributed by atoms with Crippen LogP contribution in [-0.4, -0.2) is 0 Å². The van der Waals surface area contributed by atoms with Crippen molar-refractivity contribution in [3.63, 3.8) is 0 Å². The second-order valence-corrected chi connectivity index (χ2v) is 3.54. The van der Waals surface area contributed by atoms with Gasteiger partial charge in [0.2, 0.25) is 0 Å². The van der Waals surface area contributed by atoms with Gasteiger partial charge < -0.3 is 0 Å². The van der Waals surface area contributed by atoms with Crippen molar-refractivity contribution in [1.29, 1.82) is 0 Å². The van der Waals surface area contributed by atoms with Gasteiger partial charge in [-0.15, -0.1) is 0 Å². The molecule has 2 aromatic carbocycles. The molecule has 0 atom stereocenters. The first kappa shape index (κ1) is 10.1. The summed E-state index contributed by atoms with van der Waals surface area (Å²) < 4.78 is 25.8. The molecule has 0 unspecified atom stereocenters. The number of hydrogen-bond donors (Lipinski definition) is 0. The first-order valence-electron chi connectivity index (χ1n) is 4.38. The first-order valence-corrected chi connectivity index (χ1v) is 4.75. The molecule has 0 aliphatic heterocycles. The van der Waals surface area contributed by atoms with E-state index < -0.39 is 5.82 Å². The Morgan fingerprint density at radius 3 is 2.00 bits per heavy atom. The van der Waals surface area contributed by atoms with Crippen molar-refractivity contribution < 1.29 is 8.78 Å². The lowest BCUT2D eigenvalue weighted by Gasteiger charge is -2.02. The summed E-state index contributed by atoms with van der Waals surface area (Å²) in [6.45, 7) is 0. The average Bonchev–Trinajstić information content (AvgIpc) is 2.23. The van der Waals surface area contributed by atoms with Crippen molar-refractivity contribution in [2.24, 2.45) is 0 Å². The Balaban J connectivity index is 2.45. The molecule has 2 aromatic rings. The molecule has 0 saturated carbocycles. The molecule has 15 heavy (non-hydrogen) atoms. The molecule has 0 heterocycles. The summed E-state index contributed by atoms with van der Waals surface area (Å²) >= 11 is 5.56. The normalized spacial score (nSPS) is 10.3. The molecule has 0 saturated heterocycles. The van der Waals surface area contributed by atoms with Crippen LogP contribution in [0, 0.1) is 11.6 Å². The standard InChI is InChI=1S/C12H7ClF2/c13-11-6-3-9(7-12(11)15)8-1-4-10(14)5-2-8/h1-7H. The number of rotatable bonds is 1. The summed E-state index contributed by atoms with van der Waals surface area (Å²) in [5.41, 5.74) is 1.43. The summed E-state index contributed by atoms with van der Waals surface area (Å²) in [7, 11) is 0. The maximum atomic E-state index is 13.1. The predicted molar refractivity (Wildman–Crippen MR) is 56.8 cm³/mol. The van der Waals surface area contributed by atoms with Crippen LogP contribution < -0.4 is 0 Å². The lowest BCUT2D eigenvalue weighted by molar-refractivity contribution is 0.627. The van der Waals surface area contributed by atoms with Crippen LogP contribution in [0.1, 0.15) is 0 Å². The molecule has 0 bridgehead atoms. The highest BCUT2D eigenvalue weighted by Gasteiger charge is 2.03. The van der Waals surface area contributed by atoms with E-state index in [0.29, 0.717) is 5.56 Å². The van der Waals surface area contributed by atoms with Crippen LogP contribution in [-0.2, 0) is 0 Å². The number of hydrogen-bond acceptors (Lipinski definition) is 0. The van der Waals surface area contributed by atoms with Gasteiger partial charge in [0.1, 0.15) is 11.6 Å². The zero-order valence-corrected chi connectivity index (χ0v) is 8.43. The molecule has 3 heteroatoms. The molecule has 0 N–H and O–H groups in total. The van der Waals surface area contributed by atoms with E-state index in [2.05, 4.69) is 0 Å². The highest BCUT2D eigenvalue weighted by molar-refractivity contribution is 6.30. The van der Waals surface area contributed by atoms with Gasteiger partial charge in [-0.2, -0.15) is 0 Å². The van der Waals surface area contributed by atoms with E-state index in [0.717, 1.165) is 5.56 Å². The molecule has 0 aromatic heterocycles. The van der Waals surface area contributed by atoms with Crippen LogP contribution in [0.4, 0.5) is 8.78 Å². The highest BCUT2D eigenvalue weighted by atomic mass is 35.5. The van der Waals surface area contributed by atoms with E-state index in [1.807, 2.05) is 0 Å². The third-order valence-electron chi connectivity index (χ3n) is 2.10. The Morgan fingerprint density at radius 1 is 0.800 bits per heavy atom. The van der Waals surface area contributed by atoms with Crippen molar-refractivity contribution in [3.05, 3.63) is 59.1 Å². The van der Waals surface area contributed by atoms with Crippen molar-refractivity contribution >= 4 is 11.6 Å². The number of halogens is 3. The summed E-state index contributed by atoms with van der Waals surface area (Å²) in [5, 5.41) is 0.0841. The fourth-order valence-corrected chi connectivity index (χ4v) is 1.44. The van der Waals surface area contributed by atoms with Crippen LogP contribution in [0.2, 0.25) is 5.02 Å².